The van der Waals surface area contributed by atoms with Crippen LogP contribution in [-0.2, 0) is 6.42 Å². The van der Waals surface area contributed by atoms with E-state index in [2.05, 4.69) is 46.1 Å². The van der Waals surface area contributed by atoms with Crippen LogP contribution in [0.2, 0.25) is 0 Å². The van der Waals surface area contributed by atoms with Crippen molar-refractivity contribution in [1.29, 1.82) is 0 Å². The van der Waals surface area contributed by atoms with Crippen molar-refractivity contribution in [2.24, 2.45) is 0 Å². The molecule has 0 saturated carbocycles. The molecule has 26 heavy (non-hydrogen) atoms. The fourth-order valence-electron chi connectivity index (χ4n) is 4.22. The molecule has 136 valence electrons. The van der Waals surface area contributed by atoms with Crippen molar-refractivity contribution < 1.29 is 4.79 Å². The fourth-order valence-corrected chi connectivity index (χ4v) is 4.22. The number of fused-ring (bicyclic) bond motifs is 1. The molecule has 1 amide bonds. The second-order valence-electron chi connectivity index (χ2n) is 7.20. The van der Waals surface area contributed by atoms with E-state index in [0.29, 0.717) is 11.7 Å². The van der Waals surface area contributed by atoms with Gasteiger partial charge in [0.1, 0.15) is 17.8 Å². The maximum atomic E-state index is 13.1. The number of benzene rings is 1. The number of hydrogen-bond donors (Lipinski definition) is 0. The molecule has 3 heterocycles. The molecule has 1 aromatic heterocycles. The Hall–Kier alpha value is -2.43. The second kappa shape index (κ2) is 7.44. The molecule has 0 N–H and O–H groups in total. The van der Waals surface area contributed by atoms with E-state index in [0.717, 1.165) is 51.0 Å². The average Bonchev–Trinajstić information content (AvgIpc) is 2.73. The van der Waals surface area contributed by atoms with E-state index in [-0.39, 0.29) is 5.91 Å². The molecule has 2 aromatic rings. The monoisotopic (exact) mass is 350 g/mol. The van der Waals surface area contributed by atoms with Gasteiger partial charge in [-0.05, 0) is 50.2 Å². The maximum Gasteiger partial charge on any atom is 0.272 e. The minimum absolute atomic E-state index is 0.0468. The molecule has 0 bridgehead atoms. The lowest BCUT2D eigenvalue weighted by Gasteiger charge is -2.35. The van der Waals surface area contributed by atoms with Crippen LogP contribution in [0.1, 0.15) is 55.1 Å². The van der Waals surface area contributed by atoms with Crippen LogP contribution in [0.5, 0.6) is 0 Å². The zero-order chi connectivity index (χ0) is 17.9. The fraction of sp³-hybridized carbons (Fsp3) is 0.476. The molecule has 2 aliphatic heterocycles. The van der Waals surface area contributed by atoms with Crippen LogP contribution in [0.4, 0.5) is 11.5 Å². The van der Waals surface area contributed by atoms with Crippen LogP contribution in [0.25, 0.3) is 0 Å². The van der Waals surface area contributed by atoms with Gasteiger partial charge < -0.3 is 9.80 Å². The topological polar surface area (TPSA) is 49.3 Å². The number of piperidine rings is 1. The third-order valence-corrected chi connectivity index (χ3v) is 5.62. The van der Waals surface area contributed by atoms with Crippen molar-refractivity contribution in [2.75, 3.05) is 18.0 Å². The van der Waals surface area contributed by atoms with Gasteiger partial charge >= 0.3 is 0 Å². The molecule has 1 atom stereocenters. The number of carbonyl (C=O) groups excluding carboxylic acids is 1. The minimum atomic E-state index is 0.0468. The van der Waals surface area contributed by atoms with E-state index in [1.165, 1.54) is 24.0 Å². The Labute approximate surface area is 155 Å². The summed E-state index contributed by atoms with van der Waals surface area (Å²) in [7, 11) is 0. The molecule has 0 spiro atoms. The van der Waals surface area contributed by atoms with Gasteiger partial charge in [-0.15, -0.1) is 0 Å². The van der Waals surface area contributed by atoms with E-state index < -0.39 is 0 Å². The Morgan fingerprint density at radius 2 is 2.04 bits per heavy atom. The number of anilines is 2. The van der Waals surface area contributed by atoms with E-state index >= 15 is 0 Å². The smallest absolute Gasteiger partial charge is 0.272 e. The van der Waals surface area contributed by atoms with Crippen molar-refractivity contribution in [2.45, 2.75) is 51.5 Å². The van der Waals surface area contributed by atoms with Gasteiger partial charge in [-0.2, -0.15) is 0 Å². The average molecular weight is 350 g/mol. The van der Waals surface area contributed by atoms with Gasteiger partial charge in [-0.3, -0.25) is 4.79 Å². The van der Waals surface area contributed by atoms with Crippen LogP contribution >= 0.6 is 0 Å². The SMILES string of the molecule is CCC1CCCCN1C(=O)c1cc(N2CCCc3ccccc32)ncn1. The first-order chi connectivity index (χ1) is 12.8. The molecule has 5 nitrogen and oxygen atoms in total. The van der Waals surface area contributed by atoms with Crippen molar-refractivity contribution in [3.05, 3.63) is 47.9 Å². The summed E-state index contributed by atoms with van der Waals surface area (Å²) in [5.41, 5.74) is 3.05. The number of aromatic nitrogens is 2. The van der Waals surface area contributed by atoms with Crippen LogP contribution in [0.3, 0.4) is 0 Å². The predicted octanol–water partition coefficient (Wildman–Crippen LogP) is 3.97. The van der Waals surface area contributed by atoms with Gasteiger partial charge in [0.2, 0.25) is 0 Å². The molecule has 1 saturated heterocycles. The number of rotatable bonds is 3. The highest BCUT2D eigenvalue weighted by Gasteiger charge is 2.28. The normalized spacial score (nSPS) is 20.0. The van der Waals surface area contributed by atoms with Gasteiger partial charge in [-0.1, -0.05) is 25.1 Å². The van der Waals surface area contributed by atoms with Crippen LogP contribution in [-0.4, -0.2) is 39.9 Å². The Morgan fingerprint density at radius 1 is 1.15 bits per heavy atom. The highest BCUT2D eigenvalue weighted by atomic mass is 16.2. The summed E-state index contributed by atoms with van der Waals surface area (Å²) >= 11 is 0. The molecule has 0 radical (unpaired) electrons. The maximum absolute atomic E-state index is 13.1. The van der Waals surface area contributed by atoms with E-state index in [1.54, 1.807) is 0 Å². The number of likely N-dealkylation sites (tertiary alicyclic amines) is 1. The number of para-hydroxylation sites is 1. The summed E-state index contributed by atoms with van der Waals surface area (Å²) in [6.07, 6.45) is 8.11. The van der Waals surface area contributed by atoms with Gasteiger partial charge in [0.15, 0.2) is 0 Å². The van der Waals surface area contributed by atoms with Gasteiger partial charge in [-0.25, -0.2) is 9.97 Å². The third kappa shape index (κ3) is 3.18. The van der Waals surface area contributed by atoms with Crippen molar-refractivity contribution in [1.82, 2.24) is 14.9 Å². The molecule has 2 aliphatic rings. The standard InChI is InChI=1S/C21H26N4O/c1-2-17-10-5-6-12-24(17)21(26)18-14-20(23-15-22-18)25-13-7-9-16-8-3-4-11-19(16)25/h3-4,8,11,14-15,17H,2,5-7,9-10,12-13H2,1H3. The van der Waals surface area contributed by atoms with Crippen LogP contribution in [0, 0.1) is 0 Å². The van der Waals surface area contributed by atoms with E-state index in [9.17, 15) is 4.79 Å². The molecule has 1 aromatic carbocycles. The number of amides is 1. The summed E-state index contributed by atoms with van der Waals surface area (Å²) in [4.78, 5) is 26.1. The summed E-state index contributed by atoms with van der Waals surface area (Å²) in [5, 5.41) is 0. The van der Waals surface area contributed by atoms with Gasteiger partial charge in [0, 0.05) is 30.9 Å². The minimum Gasteiger partial charge on any atom is -0.334 e. The number of carbonyl (C=O) groups is 1. The molecular weight excluding hydrogens is 324 g/mol. The lowest BCUT2D eigenvalue weighted by Crippen LogP contribution is -2.43. The number of hydrogen-bond acceptors (Lipinski definition) is 4. The van der Waals surface area contributed by atoms with Crippen LogP contribution < -0.4 is 4.90 Å². The van der Waals surface area contributed by atoms with Crippen molar-refractivity contribution >= 4 is 17.4 Å². The zero-order valence-electron chi connectivity index (χ0n) is 15.4. The van der Waals surface area contributed by atoms with Gasteiger partial charge in [0.05, 0.1) is 0 Å². The number of aryl methyl sites for hydroxylation is 1. The Balaban J connectivity index is 1.62. The highest BCUT2D eigenvalue weighted by molar-refractivity contribution is 5.93. The summed E-state index contributed by atoms with van der Waals surface area (Å²) < 4.78 is 0. The molecular formula is C21H26N4O. The molecule has 1 unspecified atom stereocenters. The van der Waals surface area contributed by atoms with Crippen molar-refractivity contribution in [3.8, 4) is 0 Å². The Kier molecular flexibility index (Phi) is 4.87. The predicted molar refractivity (Wildman–Crippen MR) is 103 cm³/mol. The quantitative estimate of drug-likeness (QED) is 0.840. The molecule has 4 rings (SSSR count). The highest BCUT2D eigenvalue weighted by Crippen LogP contribution is 2.32. The largest absolute Gasteiger partial charge is 0.334 e. The number of nitrogens with zero attached hydrogens (tertiary/aromatic N) is 4. The van der Waals surface area contributed by atoms with Crippen molar-refractivity contribution in [3.63, 3.8) is 0 Å². The zero-order valence-corrected chi connectivity index (χ0v) is 15.4. The van der Waals surface area contributed by atoms with Crippen LogP contribution in [0.15, 0.2) is 36.7 Å². The summed E-state index contributed by atoms with van der Waals surface area (Å²) in [6.45, 7) is 3.92. The summed E-state index contributed by atoms with van der Waals surface area (Å²) in [6, 6.07) is 10.7. The summed E-state index contributed by atoms with van der Waals surface area (Å²) in [5.74, 6) is 0.867. The van der Waals surface area contributed by atoms with E-state index in [1.807, 2.05) is 11.0 Å². The first kappa shape index (κ1) is 17.0. The second-order valence-corrected chi connectivity index (χ2v) is 7.20. The first-order valence-electron chi connectivity index (χ1n) is 9.76. The third-order valence-electron chi connectivity index (χ3n) is 5.62. The molecule has 5 heteroatoms. The molecule has 0 aliphatic carbocycles. The van der Waals surface area contributed by atoms with Gasteiger partial charge in [0.25, 0.3) is 5.91 Å². The molecule has 1 fully saturated rings. The Morgan fingerprint density at radius 3 is 2.92 bits per heavy atom. The first-order valence-corrected chi connectivity index (χ1v) is 9.76. The van der Waals surface area contributed by atoms with E-state index in [4.69, 9.17) is 0 Å². The lowest BCUT2D eigenvalue weighted by molar-refractivity contribution is 0.0602. The lowest BCUT2D eigenvalue weighted by atomic mass is 9.99. The Bertz CT molecular complexity index is 791.